The van der Waals surface area contributed by atoms with Crippen molar-refractivity contribution in [2.45, 2.75) is 0 Å². The van der Waals surface area contributed by atoms with Crippen molar-refractivity contribution in [3.8, 4) is 31.8 Å². The molecule has 1 aromatic carbocycles. The lowest BCUT2D eigenvalue weighted by atomic mass is 10.1. The second kappa shape index (κ2) is 5.66. The third kappa shape index (κ3) is 2.31. The Morgan fingerprint density at radius 3 is 2.71 bits per heavy atom. The zero-order chi connectivity index (χ0) is 15.9. The van der Waals surface area contributed by atoms with Crippen LogP contribution in [0.3, 0.4) is 0 Å². The zero-order valence-electron chi connectivity index (χ0n) is 12.3. The molecule has 4 aromatic heterocycles. The highest BCUT2D eigenvalue weighted by molar-refractivity contribution is 7.23. The molecule has 0 aliphatic carbocycles. The van der Waals surface area contributed by atoms with Gasteiger partial charge in [-0.15, -0.1) is 34.0 Å². The van der Waals surface area contributed by atoms with Crippen molar-refractivity contribution in [2.75, 3.05) is 0 Å². The second-order valence-corrected chi connectivity index (χ2v) is 8.08. The number of thiazole rings is 1. The third-order valence-corrected chi connectivity index (χ3v) is 6.83. The summed E-state index contributed by atoms with van der Waals surface area (Å²) >= 11 is 5.12. The maximum Gasteiger partial charge on any atom is 0.176 e. The maximum atomic E-state index is 5.23. The Balaban J connectivity index is 1.54. The van der Waals surface area contributed by atoms with Gasteiger partial charge in [0.05, 0.1) is 21.6 Å². The molecule has 0 atom stereocenters. The number of hydrogen-bond donors (Lipinski definition) is 0. The molecule has 0 saturated carbocycles. The van der Waals surface area contributed by atoms with E-state index in [-0.39, 0.29) is 0 Å². The van der Waals surface area contributed by atoms with Gasteiger partial charge in [-0.2, -0.15) is 0 Å². The van der Waals surface area contributed by atoms with Gasteiger partial charge in [-0.25, -0.2) is 4.98 Å². The summed E-state index contributed by atoms with van der Waals surface area (Å²) in [5.74, 6) is 0.798. The number of hydrogen-bond acceptors (Lipinski definition) is 6. The first-order valence-electron chi connectivity index (χ1n) is 7.32. The fourth-order valence-corrected chi connectivity index (χ4v) is 5.43. The predicted octanol–water partition coefficient (Wildman–Crippen LogP) is 6.41. The molecular weight excluding hydrogens is 356 g/mol. The van der Waals surface area contributed by atoms with Crippen LogP contribution in [-0.4, -0.2) is 10.1 Å². The fraction of sp³-hybridized carbons (Fsp3) is 0. The van der Waals surface area contributed by atoms with E-state index >= 15 is 0 Å². The van der Waals surface area contributed by atoms with Gasteiger partial charge in [0, 0.05) is 32.5 Å². The molecule has 0 radical (unpaired) electrons. The van der Waals surface area contributed by atoms with E-state index in [9.17, 15) is 0 Å². The Labute approximate surface area is 149 Å². The van der Waals surface area contributed by atoms with Gasteiger partial charge in [0.1, 0.15) is 5.01 Å². The molecule has 116 valence electrons. The van der Waals surface area contributed by atoms with Gasteiger partial charge < -0.3 is 4.52 Å². The molecule has 6 heteroatoms. The second-order valence-electron chi connectivity index (χ2n) is 5.22. The molecule has 0 amide bonds. The zero-order valence-corrected chi connectivity index (χ0v) is 14.8. The number of fused-ring (bicyclic) bond motifs is 1. The molecular formula is C18H10N2OS3. The minimum Gasteiger partial charge on any atom is -0.355 e. The largest absolute Gasteiger partial charge is 0.355 e. The molecule has 24 heavy (non-hydrogen) atoms. The van der Waals surface area contributed by atoms with Gasteiger partial charge in [0.2, 0.25) is 0 Å². The molecule has 5 aromatic rings. The molecule has 5 rings (SSSR count). The summed E-state index contributed by atoms with van der Waals surface area (Å²) < 4.78 is 6.52. The normalized spacial score (nSPS) is 11.3. The van der Waals surface area contributed by atoms with Crippen LogP contribution in [0.2, 0.25) is 0 Å². The van der Waals surface area contributed by atoms with E-state index in [4.69, 9.17) is 9.51 Å². The Hall–Kier alpha value is -2.28. The van der Waals surface area contributed by atoms with E-state index in [1.54, 1.807) is 40.2 Å². The maximum absolute atomic E-state index is 5.23. The Morgan fingerprint density at radius 2 is 1.79 bits per heavy atom. The molecule has 0 N–H and O–H groups in total. The van der Waals surface area contributed by atoms with Crippen LogP contribution in [0.1, 0.15) is 0 Å². The summed E-state index contributed by atoms with van der Waals surface area (Å²) in [5.41, 5.74) is 2.26. The van der Waals surface area contributed by atoms with Gasteiger partial charge in [0.15, 0.2) is 5.76 Å². The Bertz CT molecular complexity index is 1120. The highest BCUT2D eigenvalue weighted by Gasteiger charge is 2.13. The molecule has 0 bridgehead atoms. The van der Waals surface area contributed by atoms with Crippen LogP contribution in [-0.2, 0) is 0 Å². The van der Waals surface area contributed by atoms with Crippen molar-refractivity contribution in [3.05, 3.63) is 59.4 Å². The lowest BCUT2D eigenvalue weighted by molar-refractivity contribution is 0.433. The lowest BCUT2D eigenvalue weighted by Gasteiger charge is -1.94. The van der Waals surface area contributed by atoms with Crippen LogP contribution in [0.5, 0.6) is 0 Å². The standard InChI is InChI=1S/C18H10N2OS3/c1-2-4-15-11(3-1)12(9-22-15)13-10-23-18(20-13)17-6-5-16(24-17)14-7-8-19-21-14/h1-10H. The highest BCUT2D eigenvalue weighted by Crippen LogP contribution is 2.39. The van der Waals surface area contributed by atoms with Crippen molar-refractivity contribution >= 4 is 44.1 Å². The first-order chi connectivity index (χ1) is 11.9. The summed E-state index contributed by atoms with van der Waals surface area (Å²) in [6, 6.07) is 14.5. The Kier molecular flexibility index (Phi) is 3.33. The van der Waals surface area contributed by atoms with Crippen molar-refractivity contribution in [3.63, 3.8) is 0 Å². The summed E-state index contributed by atoms with van der Waals surface area (Å²) in [4.78, 5) is 7.08. The molecule has 0 saturated heterocycles. The van der Waals surface area contributed by atoms with E-state index in [0.29, 0.717) is 0 Å². The summed E-state index contributed by atoms with van der Waals surface area (Å²) in [6.07, 6.45) is 1.66. The van der Waals surface area contributed by atoms with Crippen LogP contribution in [0.4, 0.5) is 0 Å². The van der Waals surface area contributed by atoms with E-state index in [1.807, 2.05) is 6.07 Å². The molecule has 0 aliphatic heterocycles. The van der Waals surface area contributed by atoms with Crippen LogP contribution in [0, 0.1) is 0 Å². The molecule has 0 spiro atoms. The van der Waals surface area contributed by atoms with Gasteiger partial charge in [-0.05, 0) is 18.2 Å². The van der Waals surface area contributed by atoms with E-state index in [2.05, 4.69) is 52.3 Å². The molecule has 0 aliphatic rings. The smallest absolute Gasteiger partial charge is 0.176 e. The van der Waals surface area contributed by atoms with E-state index < -0.39 is 0 Å². The van der Waals surface area contributed by atoms with Crippen molar-refractivity contribution in [2.24, 2.45) is 0 Å². The van der Waals surface area contributed by atoms with Crippen LogP contribution in [0.25, 0.3) is 41.9 Å². The third-order valence-electron chi connectivity index (χ3n) is 3.76. The van der Waals surface area contributed by atoms with Crippen molar-refractivity contribution < 1.29 is 4.52 Å². The predicted molar refractivity (Wildman–Crippen MR) is 102 cm³/mol. The summed E-state index contributed by atoms with van der Waals surface area (Å²) in [5, 5.41) is 10.4. The average Bonchev–Trinajstić information content (AvgIpc) is 3.40. The van der Waals surface area contributed by atoms with Gasteiger partial charge in [0.25, 0.3) is 0 Å². The topological polar surface area (TPSA) is 38.9 Å². The first-order valence-corrected chi connectivity index (χ1v) is 9.89. The number of nitrogens with zero attached hydrogens (tertiary/aromatic N) is 2. The van der Waals surface area contributed by atoms with Crippen LogP contribution in [0.15, 0.2) is 63.9 Å². The van der Waals surface area contributed by atoms with E-state index in [1.165, 1.54) is 15.6 Å². The van der Waals surface area contributed by atoms with Gasteiger partial charge in [-0.3, -0.25) is 0 Å². The van der Waals surface area contributed by atoms with Crippen molar-refractivity contribution in [1.29, 1.82) is 0 Å². The van der Waals surface area contributed by atoms with Crippen LogP contribution < -0.4 is 0 Å². The number of rotatable bonds is 3. The minimum absolute atomic E-state index is 0.798. The van der Waals surface area contributed by atoms with Gasteiger partial charge in [-0.1, -0.05) is 23.4 Å². The van der Waals surface area contributed by atoms with Crippen molar-refractivity contribution in [1.82, 2.24) is 10.1 Å². The molecule has 3 nitrogen and oxygen atoms in total. The number of thiophene rings is 2. The molecule has 0 fully saturated rings. The highest BCUT2D eigenvalue weighted by atomic mass is 32.1. The molecule has 4 heterocycles. The van der Waals surface area contributed by atoms with Crippen LogP contribution >= 0.6 is 34.0 Å². The average molecular weight is 366 g/mol. The number of aromatic nitrogens is 2. The lowest BCUT2D eigenvalue weighted by Crippen LogP contribution is -1.75. The van der Waals surface area contributed by atoms with Gasteiger partial charge >= 0.3 is 0 Å². The monoisotopic (exact) mass is 366 g/mol. The summed E-state index contributed by atoms with van der Waals surface area (Å²) in [7, 11) is 0. The fourth-order valence-electron chi connectivity index (χ4n) is 2.61. The number of benzene rings is 1. The molecule has 0 unspecified atom stereocenters. The first kappa shape index (κ1) is 14.1. The minimum atomic E-state index is 0.798. The summed E-state index contributed by atoms with van der Waals surface area (Å²) in [6.45, 7) is 0. The quantitative estimate of drug-likeness (QED) is 0.370. The Morgan fingerprint density at radius 1 is 0.875 bits per heavy atom. The van der Waals surface area contributed by atoms with E-state index in [0.717, 1.165) is 26.2 Å². The SMILES string of the molecule is c1ccc2c(-c3csc(-c4ccc(-c5ccno5)s4)n3)csc2c1.